The normalized spacial score (nSPS) is 25.4. The molecule has 8 nitrogen and oxygen atoms in total. The highest BCUT2D eigenvalue weighted by Gasteiger charge is 2.43. The molecule has 1 N–H and O–H groups in total. The Morgan fingerprint density at radius 3 is 2.89 bits per heavy atom. The van der Waals surface area contributed by atoms with E-state index in [9.17, 15) is 4.79 Å². The van der Waals surface area contributed by atoms with E-state index in [2.05, 4.69) is 24.8 Å². The number of hydrogen-bond acceptors (Lipinski definition) is 6. The van der Waals surface area contributed by atoms with E-state index < -0.39 is 0 Å². The molecule has 2 aromatic rings. The molecule has 5 rings (SSSR count). The number of amides is 1. The van der Waals surface area contributed by atoms with Crippen molar-refractivity contribution in [3.63, 3.8) is 0 Å². The van der Waals surface area contributed by atoms with Crippen LogP contribution in [0.15, 0.2) is 18.6 Å². The number of nitrogens with one attached hydrogen (secondary N) is 1. The van der Waals surface area contributed by atoms with Crippen LogP contribution in [-0.2, 0) is 4.74 Å². The number of fused-ring (bicyclic) bond motifs is 2. The Bertz CT molecular complexity index is 833. The third kappa shape index (κ3) is 3.19. The number of hydrogen-bond donors (Lipinski definition) is 1. The van der Waals surface area contributed by atoms with Gasteiger partial charge in [-0.1, -0.05) is 0 Å². The summed E-state index contributed by atoms with van der Waals surface area (Å²) in [4.78, 5) is 31.5. The molecule has 5 heterocycles. The van der Waals surface area contributed by atoms with Crippen LogP contribution in [-0.4, -0.2) is 82.3 Å². The summed E-state index contributed by atoms with van der Waals surface area (Å²) >= 11 is 0. The number of aromatic nitrogens is 3. The van der Waals surface area contributed by atoms with Gasteiger partial charge in [-0.3, -0.25) is 4.90 Å². The van der Waals surface area contributed by atoms with Crippen LogP contribution in [0.3, 0.4) is 0 Å². The third-order valence-corrected chi connectivity index (χ3v) is 6.48. The Labute approximate surface area is 164 Å². The predicted molar refractivity (Wildman–Crippen MR) is 106 cm³/mol. The van der Waals surface area contributed by atoms with Crippen LogP contribution in [0.1, 0.15) is 32.1 Å². The quantitative estimate of drug-likeness (QED) is 0.871. The molecule has 2 aromatic heterocycles. The summed E-state index contributed by atoms with van der Waals surface area (Å²) in [5, 5.41) is 1.05. The molecule has 2 atom stereocenters. The highest BCUT2D eigenvalue weighted by atomic mass is 16.6. The van der Waals surface area contributed by atoms with Crippen LogP contribution in [0.2, 0.25) is 0 Å². The van der Waals surface area contributed by atoms with E-state index in [1.54, 1.807) is 6.33 Å². The molecule has 0 aliphatic carbocycles. The topological polar surface area (TPSA) is 77.6 Å². The first-order valence-corrected chi connectivity index (χ1v) is 10.5. The van der Waals surface area contributed by atoms with Gasteiger partial charge in [-0.2, -0.15) is 0 Å². The van der Waals surface area contributed by atoms with Crippen molar-refractivity contribution in [2.75, 3.05) is 44.2 Å². The van der Waals surface area contributed by atoms with Gasteiger partial charge in [-0.25, -0.2) is 14.8 Å². The minimum absolute atomic E-state index is 0.148. The summed E-state index contributed by atoms with van der Waals surface area (Å²) in [5.74, 6) is 0.975. The van der Waals surface area contributed by atoms with Gasteiger partial charge in [-0.05, 0) is 51.3 Å². The molecule has 150 valence electrons. The number of anilines is 1. The van der Waals surface area contributed by atoms with Crippen LogP contribution >= 0.6 is 0 Å². The van der Waals surface area contributed by atoms with Gasteiger partial charge in [0.1, 0.15) is 24.4 Å². The zero-order valence-corrected chi connectivity index (χ0v) is 16.2. The Kier molecular flexibility index (Phi) is 4.80. The van der Waals surface area contributed by atoms with E-state index in [1.807, 2.05) is 17.2 Å². The second kappa shape index (κ2) is 7.58. The van der Waals surface area contributed by atoms with Crippen LogP contribution < -0.4 is 4.90 Å². The summed E-state index contributed by atoms with van der Waals surface area (Å²) in [6.45, 7) is 5.31. The highest BCUT2D eigenvalue weighted by molar-refractivity contribution is 5.87. The number of H-pyrrole nitrogens is 1. The molecule has 0 radical (unpaired) electrons. The van der Waals surface area contributed by atoms with Crippen LogP contribution in [0.25, 0.3) is 11.0 Å². The monoisotopic (exact) mass is 384 g/mol. The van der Waals surface area contributed by atoms with Gasteiger partial charge in [0.25, 0.3) is 0 Å². The number of piperidine rings is 1. The fraction of sp³-hybridized carbons (Fsp3) is 0.650. The Morgan fingerprint density at radius 1 is 1.11 bits per heavy atom. The average Bonchev–Trinajstić information content (AvgIpc) is 3.47. The minimum atomic E-state index is -0.148. The molecule has 28 heavy (non-hydrogen) atoms. The van der Waals surface area contributed by atoms with Crippen LogP contribution in [0.5, 0.6) is 0 Å². The van der Waals surface area contributed by atoms with Gasteiger partial charge in [-0.15, -0.1) is 0 Å². The maximum Gasteiger partial charge on any atom is 0.410 e. The lowest BCUT2D eigenvalue weighted by atomic mass is 9.97. The van der Waals surface area contributed by atoms with E-state index in [0.29, 0.717) is 12.6 Å². The van der Waals surface area contributed by atoms with Crippen molar-refractivity contribution in [1.29, 1.82) is 0 Å². The van der Waals surface area contributed by atoms with E-state index in [4.69, 9.17) is 4.74 Å². The fourth-order valence-corrected chi connectivity index (χ4v) is 5.11. The molecule has 3 aliphatic rings. The van der Waals surface area contributed by atoms with E-state index in [0.717, 1.165) is 68.8 Å². The minimum Gasteiger partial charge on any atom is -0.448 e. The molecule has 0 bridgehead atoms. The van der Waals surface area contributed by atoms with Crippen molar-refractivity contribution in [2.24, 2.45) is 0 Å². The molecule has 0 unspecified atom stereocenters. The average molecular weight is 384 g/mol. The third-order valence-electron chi connectivity index (χ3n) is 6.48. The first-order valence-electron chi connectivity index (χ1n) is 10.5. The first-order chi connectivity index (χ1) is 13.8. The van der Waals surface area contributed by atoms with Gasteiger partial charge >= 0.3 is 6.09 Å². The lowest BCUT2D eigenvalue weighted by molar-refractivity contribution is 0.0664. The molecular formula is C20H28N6O2. The molecule has 8 heteroatoms. The summed E-state index contributed by atoms with van der Waals surface area (Å²) < 4.78 is 5.65. The predicted octanol–water partition coefficient (Wildman–Crippen LogP) is 2.23. The molecule has 3 fully saturated rings. The SMILES string of the molecule is O=C(OCCN1CCCC1)N1CCC[C@@H]2[C@H]1CCN2c1ncnc2[nH]ccc12. The van der Waals surface area contributed by atoms with Crippen molar-refractivity contribution in [1.82, 2.24) is 24.8 Å². The summed E-state index contributed by atoms with van der Waals surface area (Å²) in [7, 11) is 0. The summed E-state index contributed by atoms with van der Waals surface area (Å²) in [6.07, 6.45) is 8.94. The zero-order chi connectivity index (χ0) is 18.9. The number of ether oxygens (including phenoxy) is 1. The van der Waals surface area contributed by atoms with E-state index in [1.165, 1.54) is 12.8 Å². The number of likely N-dealkylation sites (tertiary alicyclic amines) is 2. The van der Waals surface area contributed by atoms with Crippen molar-refractivity contribution in [3.8, 4) is 0 Å². The maximum absolute atomic E-state index is 12.8. The van der Waals surface area contributed by atoms with Crippen molar-refractivity contribution in [2.45, 2.75) is 44.2 Å². The lowest BCUT2D eigenvalue weighted by Crippen LogP contribution is -2.52. The zero-order valence-electron chi connectivity index (χ0n) is 16.2. The lowest BCUT2D eigenvalue weighted by Gasteiger charge is -2.39. The number of carbonyl (C=O) groups excluding carboxylic acids is 1. The maximum atomic E-state index is 12.8. The first kappa shape index (κ1) is 17.7. The summed E-state index contributed by atoms with van der Waals surface area (Å²) in [5.41, 5.74) is 0.863. The van der Waals surface area contributed by atoms with Crippen molar-refractivity contribution < 1.29 is 9.53 Å². The van der Waals surface area contributed by atoms with Crippen molar-refractivity contribution in [3.05, 3.63) is 18.6 Å². The Hall–Kier alpha value is -2.35. The second-order valence-corrected chi connectivity index (χ2v) is 8.05. The standard InChI is InChI=1S/C20H28N6O2/c27-20(28-13-12-24-8-1-2-9-24)26-10-3-4-16-17(26)6-11-25(16)19-15-5-7-21-18(15)22-14-23-19/h5,7,14,16-17H,1-4,6,8-13H2,(H,21,22,23)/t16-,17-/m1/s1. The second-order valence-electron chi connectivity index (χ2n) is 8.05. The molecule has 0 saturated carbocycles. The Morgan fingerprint density at radius 2 is 2.00 bits per heavy atom. The van der Waals surface area contributed by atoms with Crippen molar-refractivity contribution >= 4 is 22.9 Å². The van der Waals surface area contributed by atoms with Gasteiger partial charge in [0, 0.05) is 25.8 Å². The molecular weight excluding hydrogens is 356 g/mol. The molecule has 3 saturated heterocycles. The fourth-order valence-electron chi connectivity index (χ4n) is 5.11. The van der Waals surface area contributed by atoms with Gasteiger partial charge in [0.15, 0.2) is 0 Å². The van der Waals surface area contributed by atoms with E-state index in [-0.39, 0.29) is 12.1 Å². The molecule has 1 amide bonds. The number of aromatic amines is 1. The largest absolute Gasteiger partial charge is 0.448 e. The highest BCUT2D eigenvalue weighted by Crippen LogP contribution is 2.36. The van der Waals surface area contributed by atoms with Crippen LogP contribution in [0, 0.1) is 0 Å². The Balaban J connectivity index is 1.26. The van der Waals surface area contributed by atoms with E-state index >= 15 is 0 Å². The van der Waals surface area contributed by atoms with Gasteiger partial charge < -0.3 is 19.5 Å². The number of rotatable bonds is 4. The van der Waals surface area contributed by atoms with Crippen LogP contribution in [0.4, 0.5) is 10.6 Å². The number of nitrogens with zero attached hydrogens (tertiary/aromatic N) is 5. The smallest absolute Gasteiger partial charge is 0.410 e. The van der Waals surface area contributed by atoms with Gasteiger partial charge in [0.2, 0.25) is 0 Å². The summed E-state index contributed by atoms with van der Waals surface area (Å²) in [6, 6.07) is 2.54. The molecule has 0 spiro atoms. The van der Waals surface area contributed by atoms with Gasteiger partial charge in [0.05, 0.1) is 17.5 Å². The molecule has 3 aliphatic heterocycles. The number of carbonyl (C=O) groups is 1. The molecule has 0 aromatic carbocycles.